The topological polar surface area (TPSA) is 39.1 Å². The summed E-state index contributed by atoms with van der Waals surface area (Å²) >= 11 is 1.89. The van der Waals surface area contributed by atoms with Gasteiger partial charge in [-0.15, -0.1) is 0 Å². The molecule has 0 aliphatic heterocycles. The quantitative estimate of drug-likeness (QED) is 0.683. The first kappa shape index (κ1) is 14.5. The molecule has 0 unspecified atom stereocenters. The molecule has 0 bridgehead atoms. The molecule has 0 aliphatic rings. The number of nitrogens with one attached hydrogen (secondary N) is 1. The van der Waals surface area contributed by atoms with E-state index in [9.17, 15) is 0 Å². The number of nitrogens with zero attached hydrogens (tertiary/aromatic N) is 2. The molecule has 0 fully saturated rings. The molecule has 0 atom stereocenters. The summed E-state index contributed by atoms with van der Waals surface area (Å²) < 4.78 is 7.10. The van der Waals surface area contributed by atoms with E-state index < -0.39 is 0 Å². The first-order chi connectivity index (χ1) is 8.29. The first-order valence-electron chi connectivity index (χ1n) is 5.99. The second-order valence-electron chi connectivity index (χ2n) is 3.99. The van der Waals surface area contributed by atoms with Crippen molar-refractivity contribution in [2.45, 2.75) is 26.4 Å². The molecule has 0 saturated carbocycles. The van der Waals surface area contributed by atoms with Crippen molar-refractivity contribution in [2.24, 2.45) is 0 Å². The molecular weight excluding hydrogens is 234 g/mol. The number of aryl methyl sites for hydroxylation is 1. The summed E-state index contributed by atoms with van der Waals surface area (Å²) in [5.41, 5.74) is 2.56. The maximum atomic E-state index is 5.00. The van der Waals surface area contributed by atoms with Gasteiger partial charge in [-0.05, 0) is 25.4 Å². The minimum atomic E-state index is 0.751. The third-order valence-corrected chi connectivity index (χ3v) is 3.42. The minimum Gasteiger partial charge on any atom is -0.383 e. The van der Waals surface area contributed by atoms with Gasteiger partial charge in [-0.2, -0.15) is 16.9 Å². The van der Waals surface area contributed by atoms with E-state index in [1.165, 1.54) is 23.4 Å². The third kappa shape index (κ3) is 5.10. The highest BCUT2D eigenvalue weighted by atomic mass is 32.2. The Morgan fingerprint density at radius 3 is 3.06 bits per heavy atom. The van der Waals surface area contributed by atoms with E-state index in [1.54, 1.807) is 7.11 Å². The van der Waals surface area contributed by atoms with Crippen LogP contribution >= 0.6 is 11.8 Å². The lowest BCUT2D eigenvalue weighted by Gasteiger charge is -2.06. The van der Waals surface area contributed by atoms with Crippen LogP contribution in [0.2, 0.25) is 0 Å². The summed E-state index contributed by atoms with van der Waals surface area (Å²) in [5, 5.41) is 7.76. The molecule has 4 nitrogen and oxygen atoms in total. The Balaban J connectivity index is 2.35. The Labute approximate surface area is 108 Å². The lowest BCUT2D eigenvalue weighted by Crippen LogP contribution is -2.18. The summed E-state index contributed by atoms with van der Waals surface area (Å²) in [6.45, 7) is 5.66. The number of ether oxygens (including phenoxy) is 1. The van der Waals surface area contributed by atoms with Crippen LogP contribution in [0, 0.1) is 6.92 Å². The average Bonchev–Trinajstić information content (AvgIpc) is 2.67. The number of hydrogen-bond donors (Lipinski definition) is 1. The van der Waals surface area contributed by atoms with Gasteiger partial charge in [0.15, 0.2) is 0 Å². The monoisotopic (exact) mass is 257 g/mol. The molecule has 1 heterocycles. The Morgan fingerprint density at radius 2 is 2.35 bits per heavy atom. The fourth-order valence-electron chi connectivity index (χ4n) is 1.64. The minimum absolute atomic E-state index is 0.751. The Bertz CT molecular complexity index is 315. The summed E-state index contributed by atoms with van der Waals surface area (Å²) in [4.78, 5) is 0. The Kier molecular flexibility index (Phi) is 7.32. The standard InChI is InChI=1S/C12H23N3OS/c1-11-12(9-13-5-7-16-2)10-14-15(11)6-4-8-17-3/h10,13H,4-9H2,1-3H3. The van der Waals surface area contributed by atoms with E-state index in [1.807, 2.05) is 18.0 Å². The smallest absolute Gasteiger partial charge is 0.0587 e. The lowest BCUT2D eigenvalue weighted by molar-refractivity contribution is 0.199. The maximum absolute atomic E-state index is 5.00. The number of methoxy groups -OCH3 is 1. The highest BCUT2D eigenvalue weighted by Crippen LogP contribution is 2.08. The first-order valence-corrected chi connectivity index (χ1v) is 7.39. The van der Waals surface area contributed by atoms with Gasteiger partial charge in [-0.25, -0.2) is 0 Å². The molecule has 0 amide bonds. The number of thioether (sulfide) groups is 1. The number of aromatic nitrogens is 2. The highest BCUT2D eigenvalue weighted by molar-refractivity contribution is 7.98. The van der Waals surface area contributed by atoms with Crippen LogP contribution in [0.15, 0.2) is 6.20 Å². The van der Waals surface area contributed by atoms with Gasteiger partial charge in [0.2, 0.25) is 0 Å². The molecule has 1 aromatic heterocycles. The van der Waals surface area contributed by atoms with Gasteiger partial charge in [-0.1, -0.05) is 0 Å². The van der Waals surface area contributed by atoms with Gasteiger partial charge in [0.05, 0.1) is 12.8 Å². The van der Waals surface area contributed by atoms with Crippen molar-refractivity contribution < 1.29 is 4.74 Å². The molecule has 1 rings (SSSR count). The average molecular weight is 257 g/mol. The van der Waals surface area contributed by atoms with Crippen LogP contribution in [-0.4, -0.2) is 42.1 Å². The predicted octanol–water partition coefficient (Wildman–Crippen LogP) is 1.68. The Hall–Kier alpha value is -0.520. The third-order valence-electron chi connectivity index (χ3n) is 2.72. The molecule has 98 valence electrons. The molecule has 17 heavy (non-hydrogen) atoms. The van der Waals surface area contributed by atoms with E-state index in [4.69, 9.17) is 4.74 Å². The molecule has 0 aromatic carbocycles. The maximum Gasteiger partial charge on any atom is 0.0587 e. The van der Waals surface area contributed by atoms with Crippen LogP contribution in [0.1, 0.15) is 17.7 Å². The van der Waals surface area contributed by atoms with Crippen molar-refractivity contribution >= 4 is 11.8 Å². The lowest BCUT2D eigenvalue weighted by atomic mass is 10.2. The molecule has 1 N–H and O–H groups in total. The molecule has 0 saturated heterocycles. The van der Waals surface area contributed by atoms with Crippen molar-refractivity contribution in [3.05, 3.63) is 17.5 Å². The van der Waals surface area contributed by atoms with Crippen molar-refractivity contribution in [3.63, 3.8) is 0 Å². The van der Waals surface area contributed by atoms with Crippen LogP contribution < -0.4 is 5.32 Å². The normalized spacial score (nSPS) is 11.0. The molecular formula is C12H23N3OS. The van der Waals surface area contributed by atoms with Gasteiger partial charge >= 0.3 is 0 Å². The van der Waals surface area contributed by atoms with E-state index in [-0.39, 0.29) is 0 Å². The van der Waals surface area contributed by atoms with Gasteiger partial charge < -0.3 is 10.1 Å². The second kappa shape index (κ2) is 8.55. The Morgan fingerprint density at radius 1 is 1.53 bits per heavy atom. The fraction of sp³-hybridized carbons (Fsp3) is 0.750. The van der Waals surface area contributed by atoms with E-state index in [0.717, 1.165) is 26.2 Å². The van der Waals surface area contributed by atoms with Crippen LogP contribution in [0.5, 0.6) is 0 Å². The van der Waals surface area contributed by atoms with Crippen LogP contribution in [0.25, 0.3) is 0 Å². The zero-order chi connectivity index (χ0) is 12.5. The van der Waals surface area contributed by atoms with Gasteiger partial charge in [0.25, 0.3) is 0 Å². The van der Waals surface area contributed by atoms with Crippen molar-refractivity contribution in [2.75, 3.05) is 32.3 Å². The molecule has 0 radical (unpaired) electrons. The van der Waals surface area contributed by atoms with E-state index >= 15 is 0 Å². The van der Waals surface area contributed by atoms with Gasteiger partial charge in [0, 0.05) is 38.0 Å². The van der Waals surface area contributed by atoms with E-state index in [2.05, 4.69) is 28.3 Å². The summed E-state index contributed by atoms with van der Waals surface area (Å²) in [7, 11) is 1.72. The fourth-order valence-corrected chi connectivity index (χ4v) is 2.06. The summed E-state index contributed by atoms with van der Waals surface area (Å²) in [6, 6.07) is 0. The van der Waals surface area contributed by atoms with Crippen LogP contribution in [-0.2, 0) is 17.8 Å². The zero-order valence-electron chi connectivity index (χ0n) is 11.0. The molecule has 1 aromatic rings. The van der Waals surface area contributed by atoms with Crippen molar-refractivity contribution in [1.29, 1.82) is 0 Å². The van der Waals surface area contributed by atoms with E-state index in [0.29, 0.717) is 0 Å². The molecule has 5 heteroatoms. The summed E-state index contributed by atoms with van der Waals surface area (Å²) in [6.07, 6.45) is 5.29. The number of rotatable bonds is 9. The highest BCUT2D eigenvalue weighted by Gasteiger charge is 2.05. The second-order valence-corrected chi connectivity index (χ2v) is 4.98. The van der Waals surface area contributed by atoms with Crippen LogP contribution in [0.4, 0.5) is 0 Å². The SMILES string of the molecule is COCCNCc1cnn(CCCSC)c1C. The van der Waals surface area contributed by atoms with Crippen molar-refractivity contribution in [1.82, 2.24) is 15.1 Å². The number of hydrogen-bond acceptors (Lipinski definition) is 4. The predicted molar refractivity (Wildman–Crippen MR) is 73.5 cm³/mol. The van der Waals surface area contributed by atoms with Crippen LogP contribution in [0.3, 0.4) is 0 Å². The van der Waals surface area contributed by atoms with Gasteiger partial charge in [0.1, 0.15) is 0 Å². The largest absolute Gasteiger partial charge is 0.383 e. The van der Waals surface area contributed by atoms with Gasteiger partial charge in [-0.3, -0.25) is 4.68 Å². The molecule has 0 spiro atoms. The van der Waals surface area contributed by atoms with Crippen molar-refractivity contribution in [3.8, 4) is 0 Å². The zero-order valence-corrected chi connectivity index (χ0v) is 11.8. The summed E-state index contributed by atoms with van der Waals surface area (Å²) in [5.74, 6) is 1.20. The molecule has 0 aliphatic carbocycles.